The second-order valence-corrected chi connectivity index (χ2v) is 16.2. The van der Waals surface area contributed by atoms with Gasteiger partial charge in [0, 0.05) is 19.9 Å². The lowest BCUT2D eigenvalue weighted by atomic mass is 10.00. The molecular formula is C33H69O2P. The van der Waals surface area contributed by atoms with Gasteiger partial charge in [0.25, 0.3) is 0 Å². The zero-order valence-corrected chi connectivity index (χ0v) is 26.9. The lowest BCUT2D eigenvalue weighted by Crippen LogP contribution is -2.30. The van der Waals surface area contributed by atoms with E-state index in [0.29, 0.717) is 6.42 Å². The summed E-state index contributed by atoms with van der Waals surface area (Å²) in [7, 11) is -0.636. The Bertz CT molecular complexity index is 397. The van der Waals surface area contributed by atoms with Crippen molar-refractivity contribution in [3.05, 3.63) is 0 Å². The van der Waals surface area contributed by atoms with Crippen LogP contribution in [0.3, 0.4) is 0 Å². The first-order valence-corrected chi connectivity index (χ1v) is 19.2. The zero-order valence-electron chi connectivity index (χ0n) is 26.0. The van der Waals surface area contributed by atoms with Crippen LogP contribution in [0, 0.1) is 5.92 Å². The van der Waals surface area contributed by atoms with Crippen molar-refractivity contribution in [3.63, 3.8) is 0 Å². The van der Waals surface area contributed by atoms with Crippen molar-refractivity contribution in [1.82, 2.24) is 0 Å². The minimum Gasteiger partial charge on any atom is -0.550 e. The maximum absolute atomic E-state index is 10.3. The Balaban J connectivity index is 0. The third kappa shape index (κ3) is 26.9. The Labute approximate surface area is 229 Å². The quantitative estimate of drug-likeness (QED) is 0.0827. The van der Waals surface area contributed by atoms with Gasteiger partial charge in [-0.15, -0.1) is 0 Å². The van der Waals surface area contributed by atoms with E-state index in [4.69, 9.17) is 0 Å². The van der Waals surface area contributed by atoms with Crippen LogP contribution >= 0.6 is 7.26 Å². The molecule has 1 atom stereocenters. The van der Waals surface area contributed by atoms with Gasteiger partial charge in [-0.25, -0.2) is 0 Å². The third-order valence-electron chi connectivity index (χ3n) is 7.89. The summed E-state index contributed by atoms with van der Waals surface area (Å²) < 4.78 is 0. The van der Waals surface area contributed by atoms with E-state index in [1.54, 1.807) is 18.5 Å². The van der Waals surface area contributed by atoms with Gasteiger partial charge in [-0.05, 0) is 57.3 Å². The molecule has 0 saturated heterocycles. The minimum absolute atomic E-state index is 0.222. The molecule has 3 heteroatoms. The molecule has 0 spiro atoms. The number of aliphatic carboxylic acids is 1. The Morgan fingerprint density at radius 3 is 1.11 bits per heavy atom. The van der Waals surface area contributed by atoms with Crippen molar-refractivity contribution in [3.8, 4) is 0 Å². The molecule has 0 N–H and O–H groups in total. The fourth-order valence-corrected chi connectivity index (χ4v) is 8.73. The van der Waals surface area contributed by atoms with Crippen molar-refractivity contribution in [2.45, 2.75) is 176 Å². The largest absolute Gasteiger partial charge is 0.550 e. The van der Waals surface area contributed by atoms with E-state index in [-0.39, 0.29) is 5.92 Å². The lowest BCUT2D eigenvalue weighted by molar-refractivity contribution is -0.311. The zero-order chi connectivity index (χ0) is 27.3. The maximum atomic E-state index is 10.3. The topological polar surface area (TPSA) is 40.1 Å². The average molecular weight is 529 g/mol. The molecule has 0 bridgehead atoms. The van der Waals surface area contributed by atoms with E-state index in [2.05, 4.69) is 34.4 Å². The van der Waals surface area contributed by atoms with Crippen LogP contribution in [0.25, 0.3) is 0 Å². The Kier molecular flexibility index (Phi) is 31.1. The van der Waals surface area contributed by atoms with Gasteiger partial charge in [-0.3, -0.25) is 0 Å². The molecule has 0 aliphatic rings. The van der Waals surface area contributed by atoms with Crippen LogP contribution < -0.4 is 5.11 Å². The second kappa shape index (κ2) is 29.5. The predicted molar refractivity (Wildman–Crippen MR) is 166 cm³/mol. The molecule has 0 fully saturated rings. The second-order valence-electron chi connectivity index (χ2n) is 11.7. The predicted octanol–water partition coefficient (Wildman–Crippen LogP) is 10.7. The van der Waals surface area contributed by atoms with Gasteiger partial charge < -0.3 is 9.90 Å². The molecule has 0 aliphatic heterocycles. The van der Waals surface area contributed by atoms with Gasteiger partial charge in [-0.2, -0.15) is 0 Å². The Morgan fingerprint density at radius 2 is 0.833 bits per heavy atom. The summed E-state index contributed by atoms with van der Waals surface area (Å²) >= 11 is 0. The van der Waals surface area contributed by atoms with Crippen LogP contribution in [0.1, 0.15) is 176 Å². The molecule has 0 heterocycles. The summed E-state index contributed by atoms with van der Waals surface area (Å²) in [6.07, 6.45) is 34.8. The smallest absolute Gasteiger partial charge is 0.0591 e. The molecule has 218 valence electrons. The summed E-state index contributed by atoms with van der Waals surface area (Å²) in [5.74, 6) is -1.11. The molecule has 1 unspecified atom stereocenters. The lowest BCUT2D eigenvalue weighted by Gasteiger charge is -2.24. The highest BCUT2D eigenvalue weighted by Gasteiger charge is 2.29. The van der Waals surface area contributed by atoms with Gasteiger partial charge in [0.05, 0.1) is 18.5 Å². The van der Waals surface area contributed by atoms with Gasteiger partial charge >= 0.3 is 0 Å². The van der Waals surface area contributed by atoms with Crippen molar-refractivity contribution in [1.29, 1.82) is 0 Å². The van der Waals surface area contributed by atoms with E-state index >= 15 is 0 Å². The van der Waals surface area contributed by atoms with Crippen molar-refractivity contribution >= 4 is 13.2 Å². The summed E-state index contributed by atoms with van der Waals surface area (Å²) in [5.41, 5.74) is 0. The highest BCUT2D eigenvalue weighted by atomic mass is 31.2. The average Bonchev–Trinajstić information content (AvgIpc) is 2.86. The fraction of sp³-hybridized carbons (Fsp3) is 0.970. The summed E-state index contributed by atoms with van der Waals surface area (Å²) in [5, 5.41) is 10.3. The van der Waals surface area contributed by atoms with Crippen LogP contribution in [-0.4, -0.2) is 31.1 Å². The van der Waals surface area contributed by atoms with Gasteiger partial charge in [-0.1, -0.05) is 125 Å². The van der Waals surface area contributed by atoms with Crippen LogP contribution in [0.15, 0.2) is 0 Å². The van der Waals surface area contributed by atoms with E-state index in [9.17, 15) is 9.90 Å². The number of carboxylic acid groups (broad SMARTS) is 1. The van der Waals surface area contributed by atoms with Gasteiger partial charge in [0.2, 0.25) is 0 Å². The van der Waals surface area contributed by atoms with Crippen molar-refractivity contribution < 1.29 is 9.90 Å². The summed E-state index contributed by atoms with van der Waals surface area (Å²) in [6, 6.07) is 0. The molecule has 36 heavy (non-hydrogen) atoms. The van der Waals surface area contributed by atoms with Crippen LogP contribution in [0.4, 0.5) is 0 Å². The van der Waals surface area contributed by atoms with E-state index < -0.39 is 13.2 Å². The summed E-state index contributed by atoms with van der Waals surface area (Å²) in [6.45, 7) is 13.6. The maximum Gasteiger partial charge on any atom is 0.0591 e. The number of rotatable bonds is 26. The van der Waals surface area contributed by atoms with Crippen LogP contribution in [0.2, 0.25) is 0 Å². The van der Waals surface area contributed by atoms with Crippen molar-refractivity contribution in [2.75, 3.05) is 25.2 Å². The molecule has 0 saturated carbocycles. The Hall–Kier alpha value is -0.100. The number of hydrogen-bond acceptors (Lipinski definition) is 2. The van der Waals surface area contributed by atoms with Crippen LogP contribution in [0.5, 0.6) is 0 Å². The highest BCUT2D eigenvalue weighted by Crippen LogP contribution is 2.57. The van der Waals surface area contributed by atoms with E-state index in [1.807, 2.05) is 6.92 Å². The van der Waals surface area contributed by atoms with Gasteiger partial charge in [0.1, 0.15) is 0 Å². The van der Waals surface area contributed by atoms with E-state index in [1.165, 1.54) is 116 Å². The first-order valence-electron chi connectivity index (χ1n) is 16.4. The molecule has 0 aromatic carbocycles. The molecule has 2 nitrogen and oxygen atoms in total. The Morgan fingerprint density at radius 1 is 0.528 bits per heavy atom. The molecule has 0 aromatic rings. The van der Waals surface area contributed by atoms with Crippen molar-refractivity contribution in [2.24, 2.45) is 5.92 Å². The molecule has 0 radical (unpaired) electrons. The van der Waals surface area contributed by atoms with E-state index in [0.717, 1.165) is 19.3 Å². The number of carboxylic acids is 1. The monoisotopic (exact) mass is 529 g/mol. The molecule has 0 aromatic heterocycles. The first kappa shape index (κ1) is 38.0. The summed E-state index contributed by atoms with van der Waals surface area (Å²) in [4.78, 5) is 10.3. The number of unbranched alkanes of at least 4 members (excludes halogenated alkanes) is 16. The van der Waals surface area contributed by atoms with Crippen LogP contribution in [-0.2, 0) is 4.79 Å². The number of carbonyl (C=O) groups is 1. The SMILES string of the molecule is CCCCC(CC)C(=O)[O-].CCCCCCCC[P+](C)(CCCCCCCC)CCCCCCCC. The first-order chi connectivity index (χ1) is 17.4. The fourth-order valence-electron chi connectivity index (χ4n) is 5.10. The molecule has 0 amide bonds. The normalized spacial score (nSPS) is 12.3. The highest BCUT2D eigenvalue weighted by molar-refractivity contribution is 7.75. The third-order valence-corrected chi connectivity index (χ3v) is 12.1. The minimum atomic E-state index is -0.893. The molecule has 0 aliphatic carbocycles. The molecule has 0 rings (SSSR count). The standard InChI is InChI=1S/C25H54P.C8H16O2/c1-5-8-11-14-17-20-23-26(4,24-21-18-15-12-9-6-2)25-22-19-16-13-10-7-3;1-3-5-6-7(4-2)8(9)10/h5-25H2,1-4H3;7H,3-6H2,1-2H3,(H,9,10)/q+1;/p-1. The van der Waals surface area contributed by atoms with Gasteiger partial charge in [0.15, 0.2) is 0 Å². The number of carbonyl (C=O) groups excluding carboxylic acids is 1. The number of hydrogen-bond donors (Lipinski definition) is 0. The molecular weight excluding hydrogens is 459 g/mol.